The van der Waals surface area contributed by atoms with E-state index in [4.69, 9.17) is 11.2 Å². The van der Waals surface area contributed by atoms with Crippen LogP contribution in [0.15, 0.2) is 0 Å². The van der Waals surface area contributed by atoms with Crippen molar-refractivity contribution in [1.29, 1.82) is 0 Å². The number of piperidine rings is 1. The van der Waals surface area contributed by atoms with E-state index in [9.17, 15) is 13.2 Å². The van der Waals surface area contributed by atoms with Crippen molar-refractivity contribution >= 4 is 15.7 Å². The number of nitrogens with zero attached hydrogens (tertiary/aromatic N) is 1. The molecule has 118 valence electrons. The van der Waals surface area contributed by atoms with Crippen LogP contribution in [-0.4, -0.2) is 69.1 Å². The second-order valence-electron chi connectivity index (χ2n) is 5.54. The Morgan fingerprint density at radius 2 is 2.05 bits per heavy atom. The summed E-state index contributed by atoms with van der Waals surface area (Å²) in [6.07, 6.45) is 7.63. The Morgan fingerprint density at radius 3 is 2.62 bits per heavy atom. The Kier molecular flexibility index (Phi) is 5.62. The zero-order valence-electron chi connectivity index (χ0n) is 12.1. The molecule has 1 atom stereocenters. The molecule has 0 aromatic heterocycles. The van der Waals surface area contributed by atoms with E-state index >= 15 is 0 Å². The molecule has 0 saturated carbocycles. The molecule has 7 heteroatoms. The fourth-order valence-electron chi connectivity index (χ4n) is 2.77. The minimum Gasteiger partial charge on any atom is -0.368 e. The molecule has 0 aromatic carbocycles. The number of hydrogen-bond acceptors (Lipinski definition) is 5. The van der Waals surface area contributed by atoms with Crippen molar-refractivity contribution in [2.75, 3.05) is 37.7 Å². The van der Waals surface area contributed by atoms with Crippen LogP contribution in [0.3, 0.4) is 0 Å². The van der Waals surface area contributed by atoms with Crippen LogP contribution in [0.25, 0.3) is 0 Å². The summed E-state index contributed by atoms with van der Waals surface area (Å²) >= 11 is 0. The van der Waals surface area contributed by atoms with E-state index < -0.39 is 9.84 Å². The average Bonchev–Trinajstić information content (AvgIpc) is 2.83. The van der Waals surface area contributed by atoms with Crippen LogP contribution in [0, 0.1) is 12.3 Å². The van der Waals surface area contributed by atoms with E-state index in [0.717, 1.165) is 25.9 Å². The maximum Gasteiger partial charge on any atom is 0.249 e. The predicted molar refractivity (Wildman–Crippen MR) is 79.4 cm³/mol. The topological polar surface area (TPSA) is 75.7 Å². The number of ether oxygens (including phenoxy) is 1. The van der Waals surface area contributed by atoms with Crippen molar-refractivity contribution < 1.29 is 17.9 Å². The molecule has 6 nitrogen and oxygen atoms in total. The molecular formula is C14H22N2O4S. The maximum absolute atomic E-state index is 12.3. The summed E-state index contributed by atoms with van der Waals surface area (Å²) in [6.45, 7) is 1.90. The second-order valence-corrected chi connectivity index (χ2v) is 7.77. The molecule has 0 bridgehead atoms. The third-order valence-electron chi connectivity index (χ3n) is 3.96. The van der Waals surface area contributed by atoms with Crippen molar-refractivity contribution in [2.24, 2.45) is 0 Å². The number of carbonyl (C=O) groups excluding carboxylic acids is 1. The normalized spacial score (nSPS) is 25.4. The van der Waals surface area contributed by atoms with Gasteiger partial charge in [-0.2, -0.15) is 0 Å². The highest BCUT2D eigenvalue weighted by molar-refractivity contribution is 7.91. The second kappa shape index (κ2) is 7.25. The molecule has 2 aliphatic rings. The van der Waals surface area contributed by atoms with Crippen LogP contribution in [0.1, 0.15) is 19.3 Å². The number of amides is 1. The van der Waals surface area contributed by atoms with Gasteiger partial charge in [0.2, 0.25) is 5.91 Å². The van der Waals surface area contributed by atoms with Gasteiger partial charge in [-0.1, -0.05) is 5.92 Å². The lowest BCUT2D eigenvalue weighted by molar-refractivity contribution is -0.139. The van der Waals surface area contributed by atoms with Crippen LogP contribution < -0.4 is 5.32 Å². The minimum atomic E-state index is -3.04. The molecule has 0 radical (unpaired) electrons. The minimum absolute atomic E-state index is 0.00771. The van der Waals surface area contributed by atoms with Gasteiger partial charge in [0.1, 0.15) is 6.61 Å². The predicted octanol–water partition coefficient (Wildman–Crippen LogP) is -0.596. The summed E-state index contributed by atoms with van der Waals surface area (Å²) in [6, 6.07) is -0.310. The first-order chi connectivity index (χ1) is 10.0. The van der Waals surface area contributed by atoms with E-state index in [0.29, 0.717) is 6.42 Å². The number of carbonyl (C=O) groups is 1. The number of hydrogen-bond donors (Lipinski definition) is 1. The Labute approximate surface area is 126 Å². The summed E-state index contributed by atoms with van der Waals surface area (Å²) < 4.78 is 28.7. The number of nitrogens with one attached hydrogen (secondary N) is 1. The van der Waals surface area contributed by atoms with Gasteiger partial charge >= 0.3 is 0 Å². The van der Waals surface area contributed by atoms with Gasteiger partial charge in [0.25, 0.3) is 0 Å². The first kappa shape index (κ1) is 16.3. The Bertz CT molecular complexity index is 506. The lowest BCUT2D eigenvalue weighted by Crippen LogP contribution is -2.44. The summed E-state index contributed by atoms with van der Waals surface area (Å²) in [5, 5.41) is 3.23. The molecule has 2 heterocycles. The molecule has 0 aromatic rings. The molecule has 21 heavy (non-hydrogen) atoms. The Balaban J connectivity index is 1.88. The van der Waals surface area contributed by atoms with Crippen molar-refractivity contribution in [2.45, 2.75) is 31.4 Å². The Hall–Kier alpha value is -1.10. The van der Waals surface area contributed by atoms with E-state index in [2.05, 4.69) is 11.2 Å². The molecule has 0 aliphatic carbocycles. The summed E-state index contributed by atoms with van der Waals surface area (Å²) in [5.74, 6) is 2.36. The van der Waals surface area contributed by atoms with Gasteiger partial charge in [0.05, 0.1) is 24.2 Å². The molecule has 1 unspecified atom stereocenters. The quantitative estimate of drug-likeness (QED) is 0.686. The molecular weight excluding hydrogens is 292 g/mol. The van der Waals surface area contributed by atoms with Crippen molar-refractivity contribution in [1.82, 2.24) is 10.2 Å². The highest BCUT2D eigenvalue weighted by Gasteiger charge is 2.34. The molecule has 1 amide bonds. The zero-order chi connectivity index (χ0) is 15.3. The van der Waals surface area contributed by atoms with Gasteiger partial charge in [0.15, 0.2) is 9.84 Å². The van der Waals surface area contributed by atoms with Gasteiger partial charge in [0, 0.05) is 6.04 Å². The fourth-order valence-corrected chi connectivity index (χ4v) is 4.51. The number of sulfone groups is 1. The first-order valence-electron chi connectivity index (χ1n) is 7.27. The van der Waals surface area contributed by atoms with Crippen LogP contribution in [0.2, 0.25) is 0 Å². The van der Waals surface area contributed by atoms with Crippen LogP contribution in [-0.2, 0) is 19.4 Å². The van der Waals surface area contributed by atoms with E-state index in [-0.39, 0.29) is 42.7 Å². The standard InChI is InChI=1S/C14H22N2O4S/c1-2-8-16(12-5-9-21(18,19)11-12)14(17)10-20-13-3-6-15-7-4-13/h1,12-13,15H,3-11H2. The third-order valence-corrected chi connectivity index (χ3v) is 5.71. The lowest BCUT2D eigenvalue weighted by Gasteiger charge is -2.28. The van der Waals surface area contributed by atoms with Crippen molar-refractivity contribution in [3.8, 4) is 12.3 Å². The molecule has 0 spiro atoms. The van der Waals surface area contributed by atoms with Gasteiger partial charge in [-0.05, 0) is 32.4 Å². The average molecular weight is 314 g/mol. The van der Waals surface area contributed by atoms with Crippen LogP contribution in [0.4, 0.5) is 0 Å². The van der Waals surface area contributed by atoms with E-state index in [1.54, 1.807) is 0 Å². The van der Waals surface area contributed by atoms with E-state index in [1.165, 1.54) is 4.90 Å². The van der Waals surface area contributed by atoms with Crippen molar-refractivity contribution in [3.05, 3.63) is 0 Å². The highest BCUT2D eigenvalue weighted by Crippen LogP contribution is 2.18. The largest absolute Gasteiger partial charge is 0.368 e. The van der Waals surface area contributed by atoms with Gasteiger partial charge in [-0.3, -0.25) is 4.79 Å². The first-order valence-corrected chi connectivity index (χ1v) is 9.09. The van der Waals surface area contributed by atoms with Gasteiger partial charge in [-0.25, -0.2) is 8.42 Å². The molecule has 1 N–H and O–H groups in total. The maximum atomic E-state index is 12.3. The van der Waals surface area contributed by atoms with Gasteiger partial charge in [-0.15, -0.1) is 6.42 Å². The summed E-state index contributed by atoms with van der Waals surface area (Å²) in [4.78, 5) is 13.7. The smallest absolute Gasteiger partial charge is 0.249 e. The summed E-state index contributed by atoms with van der Waals surface area (Å²) in [7, 11) is -3.04. The molecule has 2 aliphatic heterocycles. The molecule has 2 fully saturated rings. The van der Waals surface area contributed by atoms with Crippen molar-refractivity contribution in [3.63, 3.8) is 0 Å². The lowest BCUT2D eigenvalue weighted by atomic mass is 10.1. The highest BCUT2D eigenvalue weighted by atomic mass is 32.2. The summed E-state index contributed by atoms with van der Waals surface area (Å²) in [5.41, 5.74) is 0. The SMILES string of the molecule is C#CCN(C(=O)COC1CCNCC1)C1CCS(=O)(=O)C1. The fraction of sp³-hybridized carbons (Fsp3) is 0.786. The molecule has 2 saturated heterocycles. The number of terminal acetylenes is 1. The number of rotatable bonds is 5. The van der Waals surface area contributed by atoms with E-state index in [1.807, 2.05) is 0 Å². The van der Waals surface area contributed by atoms with Gasteiger partial charge < -0.3 is 15.0 Å². The third kappa shape index (κ3) is 4.70. The molecule has 2 rings (SSSR count). The van der Waals surface area contributed by atoms with Crippen LogP contribution >= 0.6 is 0 Å². The zero-order valence-corrected chi connectivity index (χ0v) is 12.9. The monoisotopic (exact) mass is 314 g/mol. The van der Waals surface area contributed by atoms with Crippen LogP contribution in [0.5, 0.6) is 0 Å². The Morgan fingerprint density at radius 1 is 1.33 bits per heavy atom.